The fourth-order valence-electron chi connectivity index (χ4n) is 1.12. The van der Waals surface area contributed by atoms with Gasteiger partial charge in [-0.3, -0.25) is 9.78 Å². The van der Waals surface area contributed by atoms with Gasteiger partial charge in [-0.05, 0) is 11.6 Å². The van der Waals surface area contributed by atoms with Gasteiger partial charge in [0.2, 0.25) is 5.91 Å². The van der Waals surface area contributed by atoms with Crippen LogP contribution in [0.4, 0.5) is 0 Å². The van der Waals surface area contributed by atoms with Crippen LogP contribution in [0.1, 0.15) is 5.56 Å². The van der Waals surface area contributed by atoms with Gasteiger partial charge in [-0.25, -0.2) is 4.79 Å². The Balaban J connectivity index is 2.50. The summed E-state index contributed by atoms with van der Waals surface area (Å²) in [6, 6.07) is 2.13. The van der Waals surface area contributed by atoms with Crippen molar-refractivity contribution >= 4 is 11.9 Å². The molecule has 0 radical (unpaired) electrons. The van der Waals surface area contributed by atoms with Crippen molar-refractivity contribution in [1.29, 1.82) is 0 Å². The summed E-state index contributed by atoms with van der Waals surface area (Å²) in [7, 11) is 0. The molecule has 0 aliphatic carbocycles. The predicted molar refractivity (Wildman–Crippen MR) is 54.6 cm³/mol. The smallest absolute Gasteiger partial charge is 0.328 e. The van der Waals surface area contributed by atoms with Crippen LogP contribution in [0, 0.1) is 0 Å². The number of aliphatic hydroxyl groups excluding tert-OH is 1. The van der Waals surface area contributed by atoms with Gasteiger partial charge in [0.05, 0.1) is 13.0 Å². The lowest BCUT2D eigenvalue weighted by Gasteiger charge is -2.11. The molecule has 0 saturated carbocycles. The van der Waals surface area contributed by atoms with E-state index in [1.54, 1.807) is 18.3 Å². The van der Waals surface area contributed by atoms with E-state index in [2.05, 4.69) is 10.3 Å². The topological polar surface area (TPSA) is 99.5 Å². The lowest BCUT2D eigenvalue weighted by Crippen LogP contribution is -2.43. The van der Waals surface area contributed by atoms with Crippen LogP contribution in [0.2, 0.25) is 0 Å². The summed E-state index contributed by atoms with van der Waals surface area (Å²) in [5.41, 5.74) is 0.682. The van der Waals surface area contributed by atoms with Crippen molar-refractivity contribution in [3.8, 4) is 0 Å². The Labute approximate surface area is 91.9 Å². The highest BCUT2D eigenvalue weighted by molar-refractivity contribution is 5.84. The molecular weight excluding hydrogens is 212 g/mol. The number of aliphatic hydroxyl groups is 1. The predicted octanol–water partition coefficient (Wildman–Crippen LogP) is -0.814. The Morgan fingerprint density at radius 3 is 2.75 bits per heavy atom. The summed E-state index contributed by atoms with van der Waals surface area (Å²) >= 11 is 0. The van der Waals surface area contributed by atoms with Crippen molar-refractivity contribution in [1.82, 2.24) is 10.3 Å². The van der Waals surface area contributed by atoms with E-state index in [1.807, 2.05) is 0 Å². The maximum Gasteiger partial charge on any atom is 0.328 e. The fraction of sp³-hybridized carbons (Fsp3) is 0.300. The third-order valence-corrected chi connectivity index (χ3v) is 1.90. The van der Waals surface area contributed by atoms with Gasteiger partial charge in [0.1, 0.15) is 6.04 Å². The average Bonchev–Trinajstić information content (AvgIpc) is 2.27. The molecule has 0 aromatic carbocycles. The van der Waals surface area contributed by atoms with E-state index in [1.165, 1.54) is 6.20 Å². The number of amides is 1. The number of hydrogen-bond acceptors (Lipinski definition) is 4. The summed E-state index contributed by atoms with van der Waals surface area (Å²) in [5.74, 6) is -1.73. The first kappa shape index (κ1) is 12.1. The fourth-order valence-corrected chi connectivity index (χ4v) is 1.12. The second-order valence-electron chi connectivity index (χ2n) is 3.18. The molecule has 1 atom stereocenters. The molecule has 1 rings (SSSR count). The summed E-state index contributed by atoms with van der Waals surface area (Å²) in [5, 5.41) is 19.5. The first-order valence-corrected chi connectivity index (χ1v) is 4.65. The molecule has 0 aliphatic rings. The molecule has 1 amide bonds. The molecule has 86 valence electrons. The molecule has 1 heterocycles. The normalized spacial score (nSPS) is 11.8. The van der Waals surface area contributed by atoms with Crippen LogP contribution in [-0.4, -0.2) is 39.7 Å². The minimum absolute atomic E-state index is 0.0393. The Morgan fingerprint density at radius 1 is 1.50 bits per heavy atom. The number of aliphatic carboxylic acids is 1. The van der Waals surface area contributed by atoms with E-state index in [0.717, 1.165) is 0 Å². The largest absolute Gasteiger partial charge is 0.480 e. The Kier molecular flexibility index (Phi) is 4.41. The zero-order valence-electron chi connectivity index (χ0n) is 8.46. The van der Waals surface area contributed by atoms with Crippen LogP contribution in [0.25, 0.3) is 0 Å². The molecule has 0 aliphatic heterocycles. The van der Waals surface area contributed by atoms with Gasteiger partial charge in [-0.2, -0.15) is 0 Å². The molecule has 1 aromatic rings. The van der Waals surface area contributed by atoms with E-state index in [9.17, 15) is 9.59 Å². The van der Waals surface area contributed by atoms with E-state index < -0.39 is 24.5 Å². The van der Waals surface area contributed by atoms with Crippen LogP contribution in [0.3, 0.4) is 0 Å². The van der Waals surface area contributed by atoms with Crippen LogP contribution < -0.4 is 5.32 Å². The molecule has 0 fully saturated rings. The summed E-state index contributed by atoms with van der Waals surface area (Å²) in [6.07, 6.45) is 3.14. The zero-order chi connectivity index (χ0) is 12.0. The second kappa shape index (κ2) is 5.82. The standard InChI is InChI=1S/C10H12N2O4/c13-6-8(10(15)16)12-9(14)4-7-2-1-3-11-5-7/h1-3,5,8,13H,4,6H2,(H,12,14)(H,15,16). The minimum Gasteiger partial charge on any atom is -0.480 e. The van der Waals surface area contributed by atoms with Crippen LogP contribution in [0.15, 0.2) is 24.5 Å². The lowest BCUT2D eigenvalue weighted by molar-refractivity contribution is -0.142. The zero-order valence-corrected chi connectivity index (χ0v) is 8.46. The number of rotatable bonds is 5. The molecule has 0 saturated heterocycles. The number of carbonyl (C=O) groups is 2. The molecule has 1 aromatic heterocycles. The van der Waals surface area contributed by atoms with Gasteiger partial charge in [0, 0.05) is 12.4 Å². The number of pyridine rings is 1. The van der Waals surface area contributed by atoms with Gasteiger partial charge < -0.3 is 15.5 Å². The monoisotopic (exact) mass is 224 g/mol. The first-order valence-electron chi connectivity index (χ1n) is 4.65. The van der Waals surface area contributed by atoms with Gasteiger partial charge in [0.25, 0.3) is 0 Å². The molecule has 3 N–H and O–H groups in total. The molecular formula is C10H12N2O4. The molecule has 16 heavy (non-hydrogen) atoms. The summed E-state index contributed by atoms with van der Waals surface area (Å²) in [4.78, 5) is 25.7. The Morgan fingerprint density at radius 2 is 2.25 bits per heavy atom. The van der Waals surface area contributed by atoms with Crippen molar-refractivity contribution in [3.05, 3.63) is 30.1 Å². The number of nitrogens with one attached hydrogen (secondary N) is 1. The highest BCUT2D eigenvalue weighted by Crippen LogP contribution is 1.97. The molecule has 1 unspecified atom stereocenters. The number of carbonyl (C=O) groups excluding carboxylic acids is 1. The van der Waals surface area contributed by atoms with E-state index in [0.29, 0.717) is 5.56 Å². The Bertz CT molecular complexity index is 366. The number of carboxylic acid groups (broad SMARTS) is 1. The number of hydrogen-bond donors (Lipinski definition) is 3. The SMILES string of the molecule is O=C(Cc1cccnc1)NC(CO)C(=O)O. The van der Waals surface area contributed by atoms with E-state index in [-0.39, 0.29) is 6.42 Å². The highest BCUT2D eigenvalue weighted by atomic mass is 16.4. The molecule has 6 nitrogen and oxygen atoms in total. The highest BCUT2D eigenvalue weighted by Gasteiger charge is 2.18. The maximum absolute atomic E-state index is 11.4. The van der Waals surface area contributed by atoms with Crippen LogP contribution in [0.5, 0.6) is 0 Å². The van der Waals surface area contributed by atoms with Crippen molar-refractivity contribution in [2.45, 2.75) is 12.5 Å². The van der Waals surface area contributed by atoms with Gasteiger partial charge >= 0.3 is 5.97 Å². The maximum atomic E-state index is 11.4. The van der Waals surface area contributed by atoms with Crippen molar-refractivity contribution in [2.75, 3.05) is 6.61 Å². The number of carboxylic acids is 1. The van der Waals surface area contributed by atoms with Crippen molar-refractivity contribution < 1.29 is 19.8 Å². The van der Waals surface area contributed by atoms with Crippen LogP contribution >= 0.6 is 0 Å². The van der Waals surface area contributed by atoms with Gasteiger partial charge in [0.15, 0.2) is 0 Å². The van der Waals surface area contributed by atoms with Crippen molar-refractivity contribution in [3.63, 3.8) is 0 Å². The third-order valence-electron chi connectivity index (χ3n) is 1.90. The van der Waals surface area contributed by atoms with E-state index in [4.69, 9.17) is 10.2 Å². The third kappa shape index (κ3) is 3.66. The van der Waals surface area contributed by atoms with Crippen LogP contribution in [-0.2, 0) is 16.0 Å². The second-order valence-corrected chi connectivity index (χ2v) is 3.18. The summed E-state index contributed by atoms with van der Waals surface area (Å²) in [6.45, 7) is -0.631. The molecule has 6 heteroatoms. The lowest BCUT2D eigenvalue weighted by atomic mass is 10.2. The average molecular weight is 224 g/mol. The first-order chi connectivity index (χ1) is 7.63. The Hall–Kier alpha value is -1.95. The minimum atomic E-state index is -1.26. The number of nitrogens with zero attached hydrogens (tertiary/aromatic N) is 1. The quantitative estimate of drug-likeness (QED) is 0.607. The molecule has 0 bridgehead atoms. The van der Waals surface area contributed by atoms with Gasteiger partial charge in [-0.15, -0.1) is 0 Å². The molecule has 0 spiro atoms. The van der Waals surface area contributed by atoms with Gasteiger partial charge in [-0.1, -0.05) is 6.07 Å². The number of aromatic nitrogens is 1. The summed E-state index contributed by atoms with van der Waals surface area (Å²) < 4.78 is 0. The van der Waals surface area contributed by atoms with E-state index >= 15 is 0 Å². The van der Waals surface area contributed by atoms with Crippen molar-refractivity contribution in [2.24, 2.45) is 0 Å².